The topological polar surface area (TPSA) is 108 Å². The molecule has 222 valence electrons. The van der Waals surface area contributed by atoms with Crippen molar-refractivity contribution in [1.29, 1.82) is 0 Å². The molecule has 1 atom stereocenters. The van der Waals surface area contributed by atoms with Crippen LogP contribution in [0.5, 0.6) is 5.75 Å². The summed E-state index contributed by atoms with van der Waals surface area (Å²) < 4.78 is 41.4. The largest absolute Gasteiger partial charge is 0.466 e. The van der Waals surface area contributed by atoms with E-state index in [4.69, 9.17) is 13.7 Å². The van der Waals surface area contributed by atoms with Crippen LogP contribution in [0.15, 0.2) is 102 Å². The van der Waals surface area contributed by atoms with Gasteiger partial charge in [-0.2, -0.15) is 8.42 Å². The average Bonchev–Trinajstić information content (AvgIpc) is 3.32. The van der Waals surface area contributed by atoms with E-state index in [2.05, 4.69) is 29.6 Å². The number of benzene rings is 4. The molecule has 0 radical (unpaired) electrons. The number of rotatable bonds is 11. The van der Waals surface area contributed by atoms with E-state index in [0.29, 0.717) is 5.56 Å². The molecule has 9 heteroatoms. The highest BCUT2D eigenvalue weighted by Gasteiger charge is 2.29. The number of ether oxygens (including phenoxy) is 2. The first-order chi connectivity index (χ1) is 20.7. The number of aryl methyl sites for hydroxylation is 1. The van der Waals surface area contributed by atoms with Crippen LogP contribution in [0.4, 0.5) is 4.79 Å². The molecule has 0 bridgehead atoms. The summed E-state index contributed by atoms with van der Waals surface area (Å²) in [6, 6.07) is 29.0. The number of esters is 1. The highest BCUT2D eigenvalue weighted by Crippen LogP contribution is 2.44. The van der Waals surface area contributed by atoms with Gasteiger partial charge in [-0.1, -0.05) is 78.4 Å². The van der Waals surface area contributed by atoms with Gasteiger partial charge in [-0.25, -0.2) is 4.79 Å². The van der Waals surface area contributed by atoms with Crippen molar-refractivity contribution in [3.8, 4) is 16.9 Å². The molecule has 0 spiro atoms. The molecule has 5 rings (SSSR count). The van der Waals surface area contributed by atoms with Gasteiger partial charge in [-0.15, -0.1) is 0 Å². The van der Waals surface area contributed by atoms with Crippen LogP contribution >= 0.6 is 0 Å². The van der Waals surface area contributed by atoms with Crippen LogP contribution in [0.1, 0.15) is 47.4 Å². The Hall–Kier alpha value is -4.63. The molecule has 0 heterocycles. The van der Waals surface area contributed by atoms with Crippen molar-refractivity contribution in [1.82, 2.24) is 5.32 Å². The lowest BCUT2D eigenvalue weighted by molar-refractivity contribution is -0.143. The lowest BCUT2D eigenvalue weighted by Gasteiger charge is -2.19. The second-order valence-electron chi connectivity index (χ2n) is 10.3. The highest BCUT2D eigenvalue weighted by atomic mass is 32.2. The Morgan fingerprint density at radius 1 is 0.814 bits per heavy atom. The molecule has 43 heavy (non-hydrogen) atoms. The molecule has 0 saturated carbocycles. The van der Waals surface area contributed by atoms with Crippen molar-refractivity contribution in [2.45, 2.75) is 37.0 Å². The molecule has 1 aliphatic rings. The summed E-state index contributed by atoms with van der Waals surface area (Å²) in [5.41, 5.74) is 6.14. The monoisotopic (exact) mass is 599 g/mol. The second-order valence-corrected chi connectivity index (χ2v) is 11.9. The van der Waals surface area contributed by atoms with Gasteiger partial charge >= 0.3 is 22.2 Å². The Morgan fingerprint density at radius 2 is 1.42 bits per heavy atom. The average molecular weight is 600 g/mol. The summed E-state index contributed by atoms with van der Waals surface area (Å²) in [5, 5.41) is 2.78. The zero-order valence-corrected chi connectivity index (χ0v) is 24.8. The number of nitrogens with one attached hydrogen (secondary N) is 1. The molecule has 0 saturated heterocycles. The van der Waals surface area contributed by atoms with E-state index in [1.807, 2.05) is 31.2 Å². The van der Waals surface area contributed by atoms with E-state index in [9.17, 15) is 18.0 Å². The van der Waals surface area contributed by atoms with Gasteiger partial charge in [0, 0.05) is 18.4 Å². The number of amides is 1. The number of hydrogen-bond acceptors (Lipinski definition) is 7. The van der Waals surface area contributed by atoms with Crippen LogP contribution in [0.3, 0.4) is 0 Å². The zero-order valence-electron chi connectivity index (χ0n) is 24.0. The zero-order chi connectivity index (χ0) is 30.4. The number of carbonyl (C=O) groups is 2. The fourth-order valence-corrected chi connectivity index (χ4v) is 6.19. The normalized spacial score (nSPS) is 13.0. The Bertz CT molecular complexity index is 1650. The van der Waals surface area contributed by atoms with Crippen LogP contribution in [-0.2, 0) is 24.4 Å². The van der Waals surface area contributed by atoms with E-state index in [-0.39, 0.29) is 42.7 Å². The van der Waals surface area contributed by atoms with Crippen molar-refractivity contribution >= 4 is 22.2 Å². The summed E-state index contributed by atoms with van der Waals surface area (Å²) >= 11 is 0. The predicted molar refractivity (Wildman–Crippen MR) is 162 cm³/mol. The molecular formula is C34H33NO7S. The van der Waals surface area contributed by atoms with Crippen LogP contribution in [0.2, 0.25) is 0 Å². The van der Waals surface area contributed by atoms with E-state index >= 15 is 0 Å². The van der Waals surface area contributed by atoms with Gasteiger partial charge in [0.2, 0.25) is 0 Å². The number of alkyl carbamates (subject to hydrolysis) is 1. The maximum Gasteiger partial charge on any atom is 0.407 e. The smallest absolute Gasteiger partial charge is 0.407 e. The molecule has 8 nitrogen and oxygen atoms in total. The molecule has 1 unspecified atom stereocenters. The molecule has 4 aromatic rings. The lowest BCUT2D eigenvalue weighted by Crippen LogP contribution is -2.31. The van der Waals surface area contributed by atoms with Crippen LogP contribution in [0, 0.1) is 6.92 Å². The number of fused-ring (bicyclic) bond motifs is 3. The van der Waals surface area contributed by atoms with Gasteiger partial charge in [-0.05, 0) is 65.9 Å². The Labute approximate surface area is 251 Å². The van der Waals surface area contributed by atoms with Crippen molar-refractivity contribution in [2.24, 2.45) is 0 Å². The van der Waals surface area contributed by atoms with Crippen LogP contribution in [-0.4, -0.2) is 40.2 Å². The first-order valence-corrected chi connectivity index (χ1v) is 15.5. The van der Waals surface area contributed by atoms with E-state index in [1.54, 1.807) is 31.2 Å². The predicted octanol–water partition coefficient (Wildman–Crippen LogP) is 6.34. The number of hydrogen-bond donors (Lipinski definition) is 1. The fraction of sp³-hybridized carbons (Fsp3) is 0.235. The lowest BCUT2D eigenvalue weighted by atomic mass is 9.95. The molecule has 0 aliphatic heterocycles. The Morgan fingerprint density at radius 3 is 2.02 bits per heavy atom. The highest BCUT2D eigenvalue weighted by molar-refractivity contribution is 7.87. The molecule has 0 fully saturated rings. The molecule has 1 N–H and O–H groups in total. The van der Waals surface area contributed by atoms with Gasteiger partial charge in [0.05, 0.1) is 13.0 Å². The summed E-state index contributed by atoms with van der Waals surface area (Å²) in [6.07, 6.45) is -0.584. The minimum absolute atomic E-state index is 0.0133. The van der Waals surface area contributed by atoms with Crippen molar-refractivity contribution in [3.05, 3.63) is 119 Å². The molecule has 1 amide bonds. The van der Waals surface area contributed by atoms with Gasteiger partial charge < -0.3 is 19.0 Å². The van der Waals surface area contributed by atoms with Gasteiger partial charge in [-0.3, -0.25) is 4.79 Å². The maximum atomic E-state index is 12.8. The third-order valence-electron chi connectivity index (χ3n) is 7.42. The first-order valence-electron chi connectivity index (χ1n) is 14.1. The summed E-state index contributed by atoms with van der Waals surface area (Å²) in [5.74, 6) is -0.799. The van der Waals surface area contributed by atoms with Gasteiger partial charge in [0.1, 0.15) is 17.3 Å². The Balaban J connectivity index is 1.23. The fourth-order valence-electron chi connectivity index (χ4n) is 5.26. The van der Waals surface area contributed by atoms with Gasteiger partial charge in [0.25, 0.3) is 0 Å². The van der Waals surface area contributed by atoms with Crippen LogP contribution in [0.25, 0.3) is 11.1 Å². The Kier molecular flexibility index (Phi) is 9.11. The quantitative estimate of drug-likeness (QED) is 0.158. The minimum atomic E-state index is -4.01. The number of carbonyl (C=O) groups excluding carboxylic acids is 2. The van der Waals surface area contributed by atoms with Crippen molar-refractivity contribution < 1.29 is 31.7 Å². The summed E-state index contributed by atoms with van der Waals surface area (Å²) in [4.78, 5) is 25.2. The van der Waals surface area contributed by atoms with E-state index < -0.39 is 28.1 Å². The standard InChI is InChI=1S/C34H33NO7S/c1-3-40-33(36)20-25(24-14-16-26(17-15-24)42-43(38,39)27-18-12-23(2)13-19-27)21-35-34(37)41-22-32-30-10-6-4-8-28(30)29-9-5-7-11-31(29)32/h4-19,25,32H,3,20-22H2,1-2H3,(H,35,37). The van der Waals surface area contributed by atoms with Crippen LogP contribution < -0.4 is 9.50 Å². The maximum absolute atomic E-state index is 12.8. The molecule has 4 aromatic carbocycles. The summed E-state index contributed by atoms with van der Waals surface area (Å²) in [6.45, 7) is 4.10. The third kappa shape index (κ3) is 7.06. The molecular weight excluding hydrogens is 566 g/mol. The van der Waals surface area contributed by atoms with Crippen molar-refractivity contribution in [2.75, 3.05) is 19.8 Å². The van der Waals surface area contributed by atoms with E-state index in [0.717, 1.165) is 27.8 Å². The SMILES string of the molecule is CCOC(=O)CC(CNC(=O)OCC1c2ccccc2-c2ccccc21)c1ccc(OS(=O)(=O)c2ccc(C)cc2)cc1. The summed E-state index contributed by atoms with van der Waals surface area (Å²) in [7, 11) is -4.01. The third-order valence-corrected chi connectivity index (χ3v) is 8.68. The van der Waals surface area contributed by atoms with Crippen molar-refractivity contribution in [3.63, 3.8) is 0 Å². The second kappa shape index (κ2) is 13.1. The van der Waals surface area contributed by atoms with E-state index in [1.165, 1.54) is 24.3 Å². The molecule has 0 aromatic heterocycles. The minimum Gasteiger partial charge on any atom is -0.466 e. The molecule has 1 aliphatic carbocycles. The first kappa shape index (κ1) is 29.8. The van der Waals surface area contributed by atoms with Gasteiger partial charge in [0.15, 0.2) is 0 Å².